The summed E-state index contributed by atoms with van der Waals surface area (Å²) in [5.74, 6) is -3.09. The van der Waals surface area contributed by atoms with Gasteiger partial charge in [-0.15, -0.1) is 0 Å². The predicted molar refractivity (Wildman–Crippen MR) is 115 cm³/mol. The molecule has 2 aromatic carbocycles. The molecule has 10 heteroatoms. The van der Waals surface area contributed by atoms with Gasteiger partial charge in [-0.3, -0.25) is 0 Å². The zero-order valence-electron chi connectivity index (χ0n) is 18.0. The van der Waals surface area contributed by atoms with Crippen molar-refractivity contribution in [3.63, 3.8) is 0 Å². The van der Waals surface area contributed by atoms with Crippen molar-refractivity contribution in [2.75, 3.05) is 43.6 Å². The fourth-order valence-corrected chi connectivity index (χ4v) is 2.95. The van der Waals surface area contributed by atoms with Gasteiger partial charge in [-0.25, -0.2) is 22.4 Å². The monoisotopic (exact) mass is 466 g/mol. The van der Waals surface area contributed by atoms with Crippen molar-refractivity contribution in [1.82, 2.24) is 0 Å². The van der Waals surface area contributed by atoms with Crippen LogP contribution in [-0.4, -0.2) is 50.7 Å². The van der Waals surface area contributed by atoms with Crippen LogP contribution in [0.2, 0.25) is 0 Å². The smallest absolute Gasteiger partial charge is 0.337 e. The topological polar surface area (TPSA) is 78.9 Å². The van der Waals surface area contributed by atoms with Gasteiger partial charge in [0.1, 0.15) is 17.5 Å². The summed E-state index contributed by atoms with van der Waals surface area (Å²) >= 11 is 0. The minimum atomic E-state index is -1.61. The molecule has 1 aliphatic heterocycles. The van der Waals surface area contributed by atoms with E-state index in [0.717, 1.165) is 6.29 Å². The lowest BCUT2D eigenvalue weighted by Crippen LogP contribution is -2.37. The second-order valence-electron chi connectivity index (χ2n) is 6.72. The number of carboxylic acids is 1. The minimum absolute atomic E-state index is 0.0908. The molecular formula is C23H22F4N2O4. The number of hydrogen-bond acceptors (Lipinski definition) is 5. The summed E-state index contributed by atoms with van der Waals surface area (Å²) in [6.07, 6.45) is 1.51. The Balaban J connectivity index is 0.000000890. The van der Waals surface area contributed by atoms with Crippen LogP contribution in [-0.2, 0) is 9.53 Å². The number of ether oxygens (including phenoxy) is 1. The van der Waals surface area contributed by atoms with Crippen molar-refractivity contribution in [1.29, 1.82) is 0 Å². The quantitative estimate of drug-likeness (QED) is 0.309. The third kappa shape index (κ3) is 6.02. The number of nitrogens with one attached hydrogen (secondary N) is 1. The van der Waals surface area contributed by atoms with Crippen molar-refractivity contribution in [3.05, 3.63) is 58.2 Å². The van der Waals surface area contributed by atoms with Crippen LogP contribution in [0.25, 0.3) is 0 Å². The standard InChI is InChI=1S/C20H16F4N2O3.C3H6O/c1-25-14-5-3-11(10-13(14)20(27)28)2-4-12-15(21)17(23)19(18(24)16(12)22)26-6-8-29-9-7-26;1-2-3-4/h3,5,10,25H,6-9H2,1H3,(H,27,28);3H,2H2,1H3. The Morgan fingerprint density at radius 3 is 2.18 bits per heavy atom. The van der Waals surface area contributed by atoms with Gasteiger partial charge in [0, 0.05) is 37.8 Å². The first kappa shape index (κ1) is 25.7. The number of anilines is 2. The molecule has 0 unspecified atom stereocenters. The zero-order valence-corrected chi connectivity index (χ0v) is 18.0. The Morgan fingerprint density at radius 1 is 1.12 bits per heavy atom. The van der Waals surface area contributed by atoms with Crippen LogP contribution >= 0.6 is 0 Å². The number of benzene rings is 2. The van der Waals surface area contributed by atoms with Crippen LogP contribution in [0.3, 0.4) is 0 Å². The first-order valence-corrected chi connectivity index (χ1v) is 9.96. The van der Waals surface area contributed by atoms with Crippen LogP contribution in [0.4, 0.5) is 28.9 Å². The molecule has 176 valence electrons. The van der Waals surface area contributed by atoms with Gasteiger partial charge in [0.15, 0.2) is 23.3 Å². The lowest BCUT2D eigenvalue weighted by molar-refractivity contribution is -0.107. The van der Waals surface area contributed by atoms with Crippen LogP contribution in [0.15, 0.2) is 18.2 Å². The Hall–Kier alpha value is -3.58. The summed E-state index contributed by atoms with van der Waals surface area (Å²) in [6.45, 7) is 2.35. The zero-order chi connectivity index (χ0) is 24.5. The SMILES string of the molecule is CCC=O.CNc1ccc(C#Cc2c(F)c(F)c(N3CCOCC3)c(F)c2F)cc1C(=O)O. The number of nitrogens with zero attached hydrogens (tertiary/aromatic N) is 1. The molecule has 33 heavy (non-hydrogen) atoms. The summed E-state index contributed by atoms with van der Waals surface area (Å²) in [7, 11) is 1.53. The number of halogens is 4. The third-order valence-corrected chi connectivity index (χ3v) is 4.59. The van der Waals surface area contributed by atoms with Crippen molar-refractivity contribution in [3.8, 4) is 11.8 Å². The largest absolute Gasteiger partial charge is 0.478 e. The highest BCUT2D eigenvalue weighted by Gasteiger charge is 2.29. The van der Waals surface area contributed by atoms with Crippen LogP contribution in [0.1, 0.15) is 34.8 Å². The summed E-state index contributed by atoms with van der Waals surface area (Å²) in [5, 5.41) is 11.9. The number of hydrogen-bond donors (Lipinski definition) is 2. The second-order valence-corrected chi connectivity index (χ2v) is 6.72. The molecular weight excluding hydrogens is 444 g/mol. The van der Waals surface area contributed by atoms with Gasteiger partial charge >= 0.3 is 5.97 Å². The molecule has 0 bridgehead atoms. The third-order valence-electron chi connectivity index (χ3n) is 4.59. The van der Waals surface area contributed by atoms with Crippen LogP contribution in [0.5, 0.6) is 0 Å². The molecule has 0 aliphatic carbocycles. The summed E-state index contributed by atoms with van der Waals surface area (Å²) in [6, 6.07) is 4.02. The van der Waals surface area contributed by atoms with E-state index in [0.29, 0.717) is 12.1 Å². The van der Waals surface area contributed by atoms with E-state index in [1.54, 1.807) is 0 Å². The fraction of sp³-hybridized carbons (Fsp3) is 0.304. The number of carbonyl (C=O) groups excluding carboxylic acids is 1. The van der Waals surface area contributed by atoms with Gasteiger partial charge in [-0.2, -0.15) is 0 Å². The van der Waals surface area contributed by atoms with Crippen LogP contribution < -0.4 is 10.2 Å². The van der Waals surface area contributed by atoms with E-state index >= 15 is 0 Å². The van der Waals surface area contributed by atoms with Gasteiger partial charge in [0.05, 0.1) is 18.8 Å². The molecule has 1 fully saturated rings. The number of morpholine rings is 1. The van der Waals surface area contributed by atoms with Crippen molar-refractivity contribution >= 4 is 23.6 Å². The maximum absolute atomic E-state index is 14.5. The van der Waals surface area contributed by atoms with E-state index in [4.69, 9.17) is 4.74 Å². The molecule has 3 rings (SSSR count). The molecule has 0 aromatic heterocycles. The Labute approximate surface area is 188 Å². The summed E-state index contributed by atoms with van der Waals surface area (Å²) < 4.78 is 62.9. The van der Waals surface area contributed by atoms with Crippen LogP contribution in [0, 0.1) is 35.1 Å². The average Bonchev–Trinajstić information content (AvgIpc) is 2.83. The molecule has 2 N–H and O–H groups in total. The first-order chi connectivity index (χ1) is 15.8. The molecule has 0 saturated carbocycles. The van der Waals surface area contributed by atoms with Gasteiger partial charge in [0.2, 0.25) is 0 Å². The van der Waals surface area contributed by atoms with E-state index < -0.39 is 40.5 Å². The molecule has 0 spiro atoms. The maximum atomic E-state index is 14.5. The first-order valence-electron chi connectivity index (χ1n) is 9.96. The highest BCUT2D eigenvalue weighted by atomic mass is 19.2. The van der Waals surface area contributed by atoms with Gasteiger partial charge < -0.3 is 24.9 Å². The predicted octanol–water partition coefficient (Wildman–Crippen LogP) is 3.81. The van der Waals surface area contributed by atoms with Crippen molar-refractivity contribution in [2.24, 2.45) is 0 Å². The highest BCUT2D eigenvalue weighted by Crippen LogP contribution is 2.31. The molecule has 2 aromatic rings. The Bertz CT molecular complexity index is 1060. The van der Waals surface area contributed by atoms with Gasteiger partial charge in [-0.05, 0) is 18.2 Å². The van der Waals surface area contributed by atoms with E-state index in [1.807, 2.05) is 6.92 Å². The number of carboxylic acid groups (broad SMARTS) is 1. The number of rotatable bonds is 4. The molecule has 0 radical (unpaired) electrons. The fourth-order valence-electron chi connectivity index (χ4n) is 2.95. The Morgan fingerprint density at radius 2 is 1.70 bits per heavy atom. The number of aldehydes is 1. The van der Waals surface area contributed by atoms with Crippen molar-refractivity contribution < 1.29 is 37.0 Å². The molecule has 0 amide bonds. The summed E-state index contributed by atoms with van der Waals surface area (Å²) in [5.41, 5.74) is -1.54. The molecule has 1 aliphatic rings. The Kier molecular flexibility index (Phi) is 9.24. The molecule has 0 atom stereocenters. The minimum Gasteiger partial charge on any atom is -0.478 e. The molecule has 1 saturated heterocycles. The molecule has 1 heterocycles. The summed E-state index contributed by atoms with van der Waals surface area (Å²) in [4.78, 5) is 21.6. The van der Waals surface area contributed by atoms with Gasteiger partial charge in [0.25, 0.3) is 0 Å². The normalized spacial score (nSPS) is 12.7. The van der Waals surface area contributed by atoms with E-state index in [2.05, 4.69) is 17.2 Å². The number of aromatic carboxylic acids is 1. The maximum Gasteiger partial charge on any atom is 0.337 e. The second kappa shape index (κ2) is 11.9. The van der Waals surface area contributed by atoms with Gasteiger partial charge in [-0.1, -0.05) is 18.8 Å². The lowest BCUT2D eigenvalue weighted by atomic mass is 10.1. The van der Waals surface area contributed by atoms with E-state index in [-0.39, 0.29) is 37.4 Å². The van der Waals surface area contributed by atoms with E-state index in [9.17, 15) is 32.3 Å². The lowest BCUT2D eigenvalue weighted by Gasteiger charge is -2.29. The van der Waals surface area contributed by atoms with Crippen molar-refractivity contribution in [2.45, 2.75) is 13.3 Å². The average molecular weight is 466 g/mol. The highest BCUT2D eigenvalue weighted by molar-refractivity contribution is 5.94. The van der Waals surface area contributed by atoms with E-state index in [1.165, 1.54) is 30.1 Å². The molecule has 6 nitrogen and oxygen atoms in total. The number of carbonyl (C=O) groups is 2.